The molecule has 0 saturated carbocycles. The summed E-state index contributed by atoms with van der Waals surface area (Å²) < 4.78 is 55.7. The summed E-state index contributed by atoms with van der Waals surface area (Å²) in [6, 6.07) is 8.24. The number of fused-ring (bicyclic) bond motifs is 1. The molecule has 1 aliphatic heterocycles. The topological polar surface area (TPSA) is 114 Å². The van der Waals surface area contributed by atoms with Crippen LogP contribution in [0.2, 0.25) is 5.02 Å². The maximum Gasteiger partial charge on any atom is 0.417 e. The number of nitrogens with two attached hydrogens (primary N) is 1. The quantitative estimate of drug-likeness (QED) is 0.498. The van der Waals surface area contributed by atoms with Crippen molar-refractivity contribution in [2.24, 2.45) is 0 Å². The molecule has 1 aliphatic rings. The summed E-state index contributed by atoms with van der Waals surface area (Å²) in [6.45, 7) is 0.129. The summed E-state index contributed by atoms with van der Waals surface area (Å²) in [5.41, 5.74) is 5.96. The second-order valence-electron chi connectivity index (χ2n) is 6.39. The van der Waals surface area contributed by atoms with Crippen molar-refractivity contribution >= 4 is 17.4 Å². The molecule has 9 nitrogen and oxygen atoms in total. The minimum Gasteiger partial charge on any atom is -0.454 e. The van der Waals surface area contributed by atoms with E-state index in [0.29, 0.717) is 17.1 Å². The number of alkyl halides is 3. The Labute approximate surface area is 176 Å². The summed E-state index contributed by atoms with van der Waals surface area (Å²) >= 11 is 5.77. The van der Waals surface area contributed by atoms with E-state index in [2.05, 4.69) is 20.5 Å². The second kappa shape index (κ2) is 6.87. The molecule has 0 atom stereocenters. The number of rotatable bonds is 3. The number of halogens is 4. The van der Waals surface area contributed by atoms with Crippen LogP contribution in [0.1, 0.15) is 5.56 Å². The first-order valence-corrected chi connectivity index (χ1v) is 9.01. The molecule has 0 amide bonds. The Morgan fingerprint density at radius 1 is 1.06 bits per heavy atom. The van der Waals surface area contributed by atoms with E-state index in [4.69, 9.17) is 31.3 Å². The Kier molecular flexibility index (Phi) is 4.25. The summed E-state index contributed by atoms with van der Waals surface area (Å²) in [5, 5.41) is 11.2. The molecule has 0 radical (unpaired) electrons. The van der Waals surface area contributed by atoms with Crippen LogP contribution in [-0.4, -0.2) is 31.9 Å². The van der Waals surface area contributed by atoms with Gasteiger partial charge in [-0.2, -0.15) is 22.8 Å². The maximum absolute atomic E-state index is 12.9. The lowest BCUT2D eigenvalue weighted by atomic mass is 10.2. The number of nitrogen functional groups attached to an aromatic ring is 1. The van der Waals surface area contributed by atoms with E-state index in [1.54, 1.807) is 18.2 Å². The van der Waals surface area contributed by atoms with E-state index in [1.165, 1.54) is 6.07 Å². The van der Waals surface area contributed by atoms with E-state index in [-0.39, 0.29) is 35.7 Å². The fourth-order valence-corrected chi connectivity index (χ4v) is 3.25. The Morgan fingerprint density at radius 2 is 1.87 bits per heavy atom. The maximum atomic E-state index is 12.9. The average molecular weight is 451 g/mol. The van der Waals surface area contributed by atoms with Gasteiger partial charge < -0.3 is 19.7 Å². The van der Waals surface area contributed by atoms with Gasteiger partial charge in [-0.25, -0.2) is 0 Å². The smallest absolute Gasteiger partial charge is 0.417 e. The summed E-state index contributed by atoms with van der Waals surface area (Å²) in [4.78, 5) is 4.26. The Bertz CT molecular complexity index is 1300. The molecular formula is C18H10ClF3N6O3. The summed E-state index contributed by atoms with van der Waals surface area (Å²) in [7, 11) is 0. The number of ether oxygens (including phenoxy) is 2. The number of nitrogens with zero attached hydrogens (tertiary/aromatic N) is 5. The van der Waals surface area contributed by atoms with Gasteiger partial charge in [0.05, 0.1) is 16.3 Å². The molecule has 0 bridgehead atoms. The van der Waals surface area contributed by atoms with Crippen molar-refractivity contribution < 1.29 is 27.2 Å². The van der Waals surface area contributed by atoms with E-state index < -0.39 is 16.8 Å². The molecule has 0 spiro atoms. The fraction of sp³-hybridized carbons (Fsp3) is 0.111. The van der Waals surface area contributed by atoms with Gasteiger partial charge in [0.2, 0.25) is 12.6 Å². The lowest BCUT2D eigenvalue weighted by molar-refractivity contribution is -0.137. The van der Waals surface area contributed by atoms with Gasteiger partial charge in [-0.05, 0) is 36.4 Å². The van der Waals surface area contributed by atoms with Crippen molar-refractivity contribution in [3.63, 3.8) is 0 Å². The molecule has 13 heteroatoms. The monoisotopic (exact) mass is 450 g/mol. The van der Waals surface area contributed by atoms with E-state index >= 15 is 0 Å². The zero-order valence-corrected chi connectivity index (χ0v) is 16.0. The zero-order valence-electron chi connectivity index (χ0n) is 15.2. The first-order chi connectivity index (χ1) is 14.8. The van der Waals surface area contributed by atoms with E-state index in [9.17, 15) is 13.2 Å². The first-order valence-electron chi connectivity index (χ1n) is 8.63. The molecule has 158 valence electrons. The normalized spacial score (nSPS) is 13.0. The molecule has 2 aromatic carbocycles. The molecule has 4 aromatic rings. The minimum atomic E-state index is -4.58. The molecule has 2 N–H and O–H groups in total. The molecule has 5 rings (SSSR count). The fourth-order valence-electron chi connectivity index (χ4n) is 2.97. The van der Waals surface area contributed by atoms with E-state index in [0.717, 1.165) is 16.8 Å². The molecule has 0 saturated heterocycles. The van der Waals surface area contributed by atoms with Crippen LogP contribution in [0.5, 0.6) is 11.5 Å². The van der Waals surface area contributed by atoms with Gasteiger partial charge >= 0.3 is 6.18 Å². The standard InChI is InChI=1S/C18H10ClF3N6O3/c19-11-6-9(2-3-10(11)18(20,21)22)28-15(23)14(25-27-28)17-24-16(26-31-17)8-1-4-12-13(5-8)30-7-29-12/h1-6H,7,23H2. The molecule has 0 fully saturated rings. The molecule has 31 heavy (non-hydrogen) atoms. The minimum absolute atomic E-state index is 0.0169. The second-order valence-corrected chi connectivity index (χ2v) is 6.80. The Balaban J connectivity index is 1.47. The lowest BCUT2D eigenvalue weighted by Crippen LogP contribution is -2.08. The van der Waals surface area contributed by atoms with Crippen molar-refractivity contribution in [3.8, 4) is 40.2 Å². The van der Waals surface area contributed by atoms with Gasteiger partial charge in [0, 0.05) is 5.56 Å². The highest BCUT2D eigenvalue weighted by molar-refractivity contribution is 6.31. The average Bonchev–Trinajstić information content (AvgIpc) is 3.45. The van der Waals surface area contributed by atoms with Gasteiger partial charge in [0.25, 0.3) is 5.89 Å². The number of anilines is 1. The van der Waals surface area contributed by atoms with Crippen molar-refractivity contribution in [1.82, 2.24) is 25.1 Å². The van der Waals surface area contributed by atoms with Crippen LogP contribution in [0.25, 0.3) is 28.7 Å². The molecule has 0 unspecified atom stereocenters. The summed E-state index contributed by atoms with van der Waals surface area (Å²) in [6.07, 6.45) is -4.58. The number of benzene rings is 2. The number of hydrogen-bond donors (Lipinski definition) is 1. The zero-order chi connectivity index (χ0) is 21.8. The van der Waals surface area contributed by atoms with E-state index in [1.807, 2.05) is 0 Å². The number of hydrogen-bond acceptors (Lipinski definition) is 8. The first kappa shape index (κ1) is 19.2. The largest absolute Gasteiger partial charge is 0.454 e. The molecular weight excluding hydrogens is 441 g/mol. The highest BCUT2D eigenvalue weighted by atomic mass is 35.5. The third-order valence-corrected chi connectivity index (χ3v) is 4.78. The van der Waals surface area contributed by atoms with Gasteiger partial charge in [-0.15, -0.1) is 5.10 Å². The lowest BCUT2D eigenvalue weighted by Gasteiger charge is -2.10. The number of aromatic nitrogens is 5. The van der Waals surface area contributed by atoms with Crippen molar-refractivity contribution in [1.29, 1.82) is 0 Å². The van der Waals surface area contributed by atoms with Crippen LogP contribution in [0.4, 0.5) is 19.0 Å². The third kappa shape index (κ3) is 3.30. The predicted octanol–water partition coefficient (Wildman–Crippen LogP) is 3.97. The van der Waals surface area contributed by atoms with Crippen LogP contribution < -0.4 is 15.2 Å². The van der Waals surface area contributed by atoms with Gasteiger partial charge in [-0.3, -0.25) is 0 Å². The van der Waals surface area contributed by atoms with Crippen molar-refractivity contribution in [2.75, 3.05) is 12.5 Å². The van der Waals surface area contributed by atoms with Crippen molar-refractivity contribution in [2.45, 2.75) is 6.18 Å². The predicted molar refractivity (Wildman–Crippen MR) is 101 cm³/mol. The summed E-state index contributed by atoms with van der Waals surface area (Å²) in [5.74, 6) is 1.37. The van der Waals surface area contributed by atoms with Gasteiger partial charge in [0.15, 0.2) is 23.0 Å². The van der Waals surface area contributed by atoms with Crippen LogP contribution in [0, 0.1) is 0 Å². The SMILES string of the molecule is Nc1c(-c2nc(-c3ccc4c(c3)OCO4)no2)nnn1-c1ccc(C(F)(F)F)c(Cl)c1. The van der Waals surface area contributed by atoms with Crippen LogP contribution in [0.15, 0.2) is 40.9 Å². The molecule has 0 aliphatic carbocycles. The molecule has 3 heterocycles. The van der Waals surface area contributed by atoms with Gasteiger partial charge in [0.1, 0.15) is 0 Å². The third-order valence-electron chi connectivity index (χ3n) is 4.47. The Morgan fingerprint density at radius 3 is 2.65 bits per heavy atom. The van der Waals surface area contributed by atoms with Gasteiger partial charge in [-0.1, -0.05) is 22.0 Å². The Hall–Kier alpha value is -3.80. The van der Waals surface area contributed by atoms with Crippen LogP contribution in [0.3, 0.4) is 0 Å². The van der Waals surface area contributed by atoms with Crippen molar-refractivity contribution in [3.05, 3.63) is 47.0 Å². The highest BCUT2D eigenvalue weighted by Crippen LogP contribution is 2.37. The highest BCUT2D eigenvalue weighted by Gasteiger charge is 2.33. The van der Waals surface area contributed by atoms with Crippen LogP contribution >= 0.6 is 11.6 Å². The molecule has 2 aromatic heterocycles. The van der Waals surface area contributed by atoms with Crippen LogP contribution in [-0.2, 0) is 6.18 Å².